The number of carboxylic acids is 1. The van der Waals surface area contributed by atoms with Gasteiger partial charge in [0.15, 0.2) is 5.82 Å². The molecule has 5 heteroatoms. The molecule has 0 saturated heterocycles. The van der Waals surface area contributed by atoms with Crippen molar-refractivity contribution in [3.8, 4) is 0 Å². The monoisotopic (exact) mass is 277 g/mol. The maximum Gasteiger partial charge on any atom is 0.339 e. The Labute approximate surface area is 119 Å². The van der Waals surface area contributed by atoms with Gasteiger partial charge in [-0.15, -0.1) is 5.10 Å². The molecule has 0 atom stereocenters. The molecular formula is C15H23N3O2. The Bertz CT molecular complexity index is 482. The lowest BCUT2D eigenvalue weighted by atomic mass is 10.0. The number of anilines is 1. The first-order chi connectivity index (χ1) is 9.59. The van der Waals surface area contributed by atoms with Crippen molar-refractivity contribution in [2.45, 2.75) is 52.4 Å². The van der Waals surface area contributed by atoms with E-state index >= 15 is 0 Å². The summed E-state index contributed by atoms with van der Waals surface area (Å²) in [6.07, 6.45) is 7.70. The predicted octanol–water partition coefficient (Wildman–Crippen LogP) is 3.17. The van der Waals surface area contributed by atoms with Gasteiger partial charge in [-0.3, -0.25) is 0 Å². The van der Waals surface area contributed by atoms with Crippen molar-refractivity contribution in [2.24, 2.45) is 5.92 Å². The van der Waals surface area contributed by atoms with E-state index in [1.807, 2.05) is 0 Å². The minimum Gasteiger partial charge on any atom is -0.478 e. The van der Waals surface area contributed by atoms with Crippen LogP contribution in [0.25, 0.3) is 0 Å². The third-order valence-electron chi connectivity index (χ3n) is 4.22. The van der Waals surface area contributed by atoms with Crippen LogP contribution < -0.4 is 5.32 Å². The summed E-state index contributed by atoms with van der Waals surface area (Å²) in [4.78, 5) is 11.3. The highest BCUT2D eigenvalue weighted by Crippen LogP contribution is 2.28. The van der Waals surface area contributed by atoms with Crippen LogP contribution >= 0.6 is 0 Å². The predicted molar refractivity (Wildman–Crippen MR) is 78.1 cm³/mol. The number of carbonyl (C=O) groups is 1. The molecule has 0 aromatic carbocycles. The van der Waals surface area contributed by atoms with Gasteiger partial charge in [0.25, 0.3) is 0 Å². The van der Waals surface area contributed by atoms with Crippen molar-refractivity contribution in [1.29, 1.82) is 0 Å². The molecule has 1 aromatic rings. The number of aryl methyl sites for hydroxylation is 1. The summed E-state index contributed by atoms with van der Waals surface area (Å²) in [5.74, 6) is 0.312. The van der Waals surface area contributed by atoms with Crippen LogP contribution in [0.4, 0.5) is 5.82 Å². The van der Waals surface area contributed by atoms with E-state index in [2.05, 4.69) is 15.5 Å². The number of hydrogen-bond acceptors (Lipinski definition) is 4. The van der Waals surface area contributed by atoms with Crippen LogP contribution in [0.2, 0.25) is 0 Å². The van der Waals surface area contributed by atoms with E-state index in [9.17, 15) is 9.90 Å². The molecule has 0 unspecified atom stereocenters. The molecule has 0 aliphatic heterocycles. The summed E-state index contributed by atoms with van der Waals surface area (Å²) in [5, 5.41) is 20.4. The highest BCUT2D eigenvalue weighted by atomic mass is 16.4. The molecule has 5 nitrogen and oxygen atoms in total. The molecule has 1 heterocycles. The molecule has 0 spiro atoms. The average molecular weight is 277 g/mol. The number of rotatable bonds is 6. The number of hydrogen-bond donors (Lipinski definition) is 2. The van der Waals surface area contributed by atoms with Crippen molar-refractivity contribution in [2.75, 3.05) is 11.9 Å². The van der Waals surface area contributed by atoms with E-state index in [0.717, 1.165) is 18.9 Å². The molecule has 1 aliphatic carbocycles. The van der Waals surface area contributed by atoms with Crippen molar-refractivity contribution < 1.29 is 9.90 Å². The van der Waals surface area contributed by atoms with Crippen LogP contribution in [0.3, 0.4) is 0 Å². The Kier molecular flexibility index (Phi) is 4.93. The highest BCUT2D eigenvalue weighted by molar-refractivity contribution is 5.94. The molecule has 2 N–H and O–H groups in total. The first-order valence-corrected chi connectivity index (χ1v) is 7.40. The highest BCUT2D eigenvalue weighted by Gasteiger charge is 2.18. The van der Waals surface area contributed by atoms with Crippen LogP contribution in [0.5, 0.6) is 0 Å². The fraction of sp³-hybridized carbons (Fsp3) is 0.667. The fourth-order valence-corrected chi connectivity index (χ4v) is 2.89. The lowest BCUT2D eigenvalue weighted by Gasteiger charge is -2.12. The van der Waals surface area contributed by atoms with Gasteiger partial charge >= 0.3 is 5.97 Å². The molecular weight excluding hydrogens is 254 g/mol. The smallest absolute Gasteiger partial charge is 0.339 e. The third-order valence-corrected chi connectivity index (χ3v) is 4.22. The van der Waals surface area contributed by atoms with Crippen LogP contribution in [0.1, 0.15) is 60.1 Å². The first kappa shape index (κ1) is 14.8. The second-order valence-corrected chi connectivity index (χ2v) is 5.66. The van der Waals surface area contributed by atoms with Crippen LogP contribution in [0.15, 0.2) is 0 Å². The van der Waals surface area contributed by atoms with Gasteiger partial charge in [0, 0.05) is 6.54 Å². The molecule has 1 saturated carbocycles. The standard InChI is InChI=1S/C15H23N3O2/c1-10-11(2)17-18-14(13(10)15(19)20)16-9-5-8-12-6-3-4-7-12/h12H,3-9H2,1-2H3,(H,16,18)(H,19,20). The second kappa shape index (κ2) is 6.68. The van der Waals surface area contributed by atoms with Crippen LogP contribution in [-0.4, -0.2) is 27.8 Å². The zero-order chi connectivity index (χ0) is 14.5. The Morgan fingerprint density at radius 1 is 1.30 bits per heavy atom. The maximum absolute atomic E-state index is 11.3. The molecule has 0 radical (unpaired) electrons. The van der Waals surface area contributed by atoms with Crippen molar-refractivity contribution >= 4 is 11.8 Å². The molecule has 0 amide bonds. The van der Waals surface area contributed by atoms with E-state index in [1.165, 1.54) is 32.1 Å². The van der Waals surface area contributed by atoms with Crippen LogP contribution in [0, 0.1) is 19.8 Å². The summed E-state index contributed by atoms with van der Waals surface area (Å²) in [5.41, 5.74) is 1.60. The van der Waals surface area contributed by atoms with E-state index in [-0.39, 0.29) is 5.56 Å². The first-order valence-electron chi connectivity index (χ1n) is 7.40. The van der Waals surface area contributed by atoms with Gasteiger partial charge in [0.1, 0.15) is 5.56 Å². The largest absolute Gasteiger partial charge is 0.478 e. The fourth-order valence-electron chi connectivity index (χ4n) is 2.89. The topological polar surface area (TPSA) is 75.1 Å². The molecule has 0 bridgehead atoms. The number of carboxylic acid groups (broad SMARTS) is 1. The number of nitrogens with zero attached hydrogens (tertiary/aromatic N) is 2. The summed E-state index contributed by atoms with van der Waals surface area (Å²) >= 11 is 0. The lowest BCUT2D eigenvalue weighted by Crippen LogP contribution is -2.14. The molecule has 1 aromatic heterocycles. The minimum absolute atomic E-state index is 0.248. The summed E-state index contributed by atoms with van der Waals surface area (Å²) in [6, 6.07) is 0. The van der Waals surface area contributed by atoms with Gasteiger partial charge in [-0.1, -0.05) is 25.7 Å². The summed E-state index contributed by atoms with van der Waals surface area (Å²) < 4.78 is 0. The number of aromatic carboxylic acids is 1. The number of aromatic nitrogens is 2. The number of nitrogens with one attached hydrogen (secondary N) is 1. The lowest BCUT2D eigenvalue weighted by molar-refractivity contribution is 0.0696. The normalized spacial score (nSPS) is 15.5. The molecule has 20 heavy (non-hydrogen) atoms. The zero-order valence-electron chi connectivity index (χ0n) is 12.3. The van der Waals surface area contributed by atoms with Gasteiger partial charge in [-0.05, 0) is 38.2 Å². The molecule has 110 valence electrons. The van der Waals surface area contributed by atoms with Crippen molar-refractivity contribution in [3.05, 3.63) is 16.8 Å². The molecule has 2 rings (SSSR count). The van der Waals surface area contributed by atoms with Gasteiger partial charge in [-0.2, -0.15) is 5.10 Å². The SMILES string of the molecule is Cc1nnc(NCCCC2CCCC2)c(C(=O)O)c1C. The Morgan fingerprint density at radius 3 is 2.65 bits per heavy atom. The van der Waals surface area contributed by atoms with Crippen molar-refractivity contribution in [3.63, 3.8) is 0 Å². The second-order valence-electron chi connectivity index (χ2n) is 5.66. The minimum atomic E-state index is -0.946. The van der Waals surface area contributed by atoms with E-state index in [1.54, 1.807) is 13.8 Å². The Balaban J connectivity index is 1.91. The van der Waals surface area contributed by atoms with E-state index < -0.39 is 5.97 Å². The van der Waals surface area contributed by atoms with Gasteiger partial charge in [0.2, 0.25) is 0 Å². The summed E-state index contributed by atoms with van der Waals surface area (Å²) in [6.45, 7) is 4.31. The van der Waals surface area contributed by atoms with Gasteiger partial charge in [-0.25, -0.2) is 4.79 Å². The summed E-state index contributed by atoms with van der Waals surface area (Å²) in [7, 11) is 0. The third kappa shape index (κ3) is 3.46. The van der Waals surface area contributed by atoms with Gasteiger partial charge in [0.05, 0.1) is 5.69 Å². The maximum atomic E-state index is 11.3. The van der Waals surface area contributed by atoms with Gasteiger partial charge < -0.3 is 10.4 Å². The van der Waals surface area contributed by atoms with E-state index in [4.69, 9.17) is 0 Å². The molecule has 1 aliphatic rings. The Hall–Kier alpha value is -1.65. The van der Waals surface area contributed by atoms with Crippen LogP contribution in [-0.2, 0) is 0 Å². The van der Waals surface area contributed by atoms with Crippen molar-refractivity contribution in [1.82, 2.24) is 10.2 Å². The zero-order valence-corrected chi connectivity index (χ0v) is 12.3. The average Bonchev–Trinajstić information content (AvgIpc) is 2.91. The molecule has 1 fully saturated rings. The Morgan fingerprint density at radius 2 is 2.00 bits per heavy atom. The van der Waals surface area contributed by atoms with E-state index in [0.29, 0.717) is 17.1 Å². The quantitative estimate of drug-likeness (QED) is 0.781.